The second-order valence-corrected chi connectivity index (χ2v) is 6.43. The molecule has 1 N–H and O–H groups in total. The van der Waals surface area contributed by atoms with E-state index in [1.54, 1.807) is 0 Å². The second kappa shape index (κ2) is 6.39. The van der Waals surface area contributed by atoms with Crippen molar-refractivity contribution >= 4 is 11.8 Å². The van der Waals surface area contributed by atoms with Gasteiger partial charge in [-0.3, -0.25) is 0 Å². The molecular formula is C15H27N5. The summed E-state index contributed by atoms with van der Waals surface area (Å²) in [5, 5.41) is 3.45. The highest BCUT2D eigenvalue weighted by Gasteiger charge is 2.34. The summed E-state index contributed by atoms with van der Waals surface area (Å²) >= 11 is 0. The molecule has 20 heavy (non-hydrogen) atoms. The Morgan fingerprint density at radius 1 is 1.20 bits per heavy atom. The third kappa shape index (κ3) is 3.82. The molecule has 0 atom stereocenters. The largest absolute Gasteiger partial charge is 0.363 e. The first-order chi connectivity index (χ1) is 9.51. The summed E-state index contributed by atoms with van der Waals surface area (Å²) < 4.78 is 0. The van der Waals surface area contributed by atoms with Gasteiger partial charge in [-0.15, -0.1) is 0 Å². The van der Waals surface area contributed by atoms with Gasteiger partial charge >= 0.3 is 0 Å². The Hall–Kier alpha value is -1.36. The minimum Gasteiger partial charge on any atom is -0.363 e. The van der Waals surface area contributed by atoms with Crippen LogP contribution in [0.2, 0.25) is 0 Å². The molecule has 1 aromatic rings. The molecule has 0 aliphatic heterocycles. The molecule has 5 nitrogen and oxygen atoms in total. The molecule has 0 saturated heterocycles. The zero-order valence-corrected chi connectivity index (χ0v) is 13.2. The summed E-state index contributed by atoms with van der Waals surface area (Å²) in [5.41, 5.74) is 0.376. The maximum atomic E-state index is 4.53. The van der Waals surface area contributed by atoms with Crippen LogP contribution < -0.4 is 10.2 Å². The van der Waals surface area contributed by atoms with E-state index in [9.17, 15) is 0 Å². The van der Waals surface area contributed by atoms with Crippen LogP contribution in [0.15, 0.2) is 12.3 Å². The van der Waals surface area contributed by atoms with Crippen LogP contribution in [0.3, 0.4) is 0 Å². The minimum absolute atomic E-state index is 0.376. The molecule has 1 aliphatic carbocycles. The fourth-order valence-electron chi connectivity index (χ4n) is 3.14. The molecule has 112 valence electrons. The van der Waals surface area contributed by atoms with Crippen LogP contribution in [-0.4, -0.2) is 56.1 Å². The van der Waals surface area contributed by atoms with Crippen LogP contribution in [0, 0.1) is 5.41 Å². The number of aromatic nitrogens is 2. The number of anilines is 2. The van der Waals surface area contributed by atoms with Crippen LogP contribution in [0.5, 0.6) is 0 Å². The van der Waals surface area contributed by atoms with E-state index in [2.05, 4.69) is 34.3 Å². The summed E-state index contributed by atoms with van der Waals surface area (Å²) in [5.74, 6) is 1.68. The molecule has 0 aromatic carbocycles. The second-order valence-electron chi connectivity index (χ2n) is 6.43. The van der Waals surface area contributed by atoms with E-state index < -0.39 is 0 Å². The number of hydrogen-bond acceptors (Lipinski definition) is 5. The van der Waals surface area contributed by atoms with Gasteiger partial charge in [0.2, 0.25) is 5.95 Å². The maximum absolute atomic E-state index is 4.53. The van der Waals surface area contributed by atoms with E-state index in [-0.39, 0.29) is 0 Å². The van der Waals surface area contributed by atoms with Gasteiger partial charge in [0.25, 0.3) is 0 Å². The van der Waals surface area contributed by atoms with Crippen molar-refractivity contribution < 1.29 is 0 Å². The Bertz CT molecular complexity index is 424. The van der Waals surface area contributed by atoms with Gasteiger partial charge in [0.1, 0.15) is 5.82 Å². The Morgan fingerprint density at radius 3 is 2.50 bits per heavy atom. The van der Waals surface area contributed by atoms with Crippen molar-refractivity contribution in [3.05, 3.63) is 12.3 Å². The lowest BCUT2D eigenvalue weighted by Gasteiger charge is -2.32. The van der Waals surface area contributed by atoms with Gasteiger partial charge in [0.05, 0.1) is 0 Å². The molecule has 0 spiro atoms. The van der Waals surface area contributed by atoms with Crippen LogP contribution >= 0.6 is 0 Å². The van der Waals surface area contributed by atoms with Crippen molar-refractivity contribution in [1.82, 2.24) is 14.9 Å². The molecule has 1 fully saturated rings. The van der Waals surface area contributed by atoms with Gasteiger partial charge in [-0.1, -0.05) is 12.8 Å². The standard InChI is InChI=1S/C15H27N5/c1-19(2)12-15(8-5-6-9-15)11-17-14-16-10-7-13(18-14)20(3)4/h7,10H,5-6,8-9,11-12H2,1-4H3,(H,16,17,18). The normalized spacial score (nSPS) is 17.4. The first-order valence-electron chi connectivity index (χ1n) is 7.40. The first-order valence-corrected chi connectivity index (χ1v) is 7.40. The lowest BCUT2D eigenvalue weighted by Crippen LogP contribution is -2.37. The van der Waals surface area contributed by atoms with Crippen molar-refractivity contribution in [2.24, 2.45) is 5.41 Å². The minimum atomic E-state index is 0.376. The highest BCUT2D eigenvalue weighted by atomic mass is 15.2. The van der Waals surface area contributed by atoms with Crippen molar-refractivity contribution in [2.45, 2.75) is 25.7 Å². The third-order valence-corrected chi connectivity index (χ3v) is 4.04. The summed E-state index contributed by atoms with van der Waals surface area (Å²) in [7, 11) is 8.31. The Kier molecular flexibility index (Phi) is 4.81. The lowest BCUT2D eigenvalue weighted by atomic mass is 9.85. The predicted octanol–water partition coefficient (Wildman–Crippen LogP) is 2.08. The highest BCUT2D eigenvalue weighted by molar-refractivity contribution is 5.40. The molecule has 5 heteroatoms. The number of rotatable bonds is 6. The molecule has 0 unspecified atom stereocenters. The maximum Gasteiger partial charge on any atom is 0.224 e. The summed E-state index contributed by atoms with van der Waals surface area (Å²) in [6.07, 6.45) is 7.09. The Morgan fingerprint density at radius 2 is 1.90 bits per heavy atom. The van der Waals surface area contributed by atoms with Gasteiger partial charge in [-0.2, -0.15) is 4.98 Å². The third-order valence-electron chi connectivity index (χ3n) is 4.04. The van der Waals surface area contributed by atoms with Crippen LogP contribution in [-0.2, 0) is 0 Å². The van der Waals surface area contributed by atoms with E-state index in [1.165, 1.54) is 25.7 Å². The van der Waals surface area contributed by atoms with E-state index in [1.807, 2.05) is 31.3 Å². The molecule has 0 amide bonds. The van der Waals surface area contributed by atoms with Gasteiger partial charge in [-0.05, 0) is 33.0 Å². The zero-order chi connectivity index (χ0) is 14.6. The quantitative estimate of drug-likeness (QED) is 0.862. The number of hydrogen-bond donors (Lipinski definition) is 1. The summed E-state index contributed by atoms with van der Waals surface area (Å²) in [6.45, 7) is 2.09. The first kappa shape index (κ1) is 15.0. The van der Waals surface area contributed by atoms with E-state index in [0.29, 0.717) is 5.41 Å². The van der Waals surface area contributed by atoms with Crippen molar-refractivity contribution in [1.29, 1.82) is 0 Å². The fraction of sp³-hybridized carbons (Fsp3) is 0.733. The van der Waals surface area contributed by atoms with Crippen molar-refractivity contribution in [3.8, 4) is 0 Å². The molecule has 0 radical (unpaired) electrons. The van der Waals surface area contributed by atoms with Crippen LogP contribution in [0.25, 0.3) is 0 Å². The van der Waals surface area contributed by atoms with Gasteiger partial charge in [0.15, 0.2) is 0 Å². The highest BCUT2D eigenvalue weighted by Crippen LogP contribution is 2.38. The zero-order valence-electron chi connectivity index (χ0n) is 13.2. The molecule has 0 bridgehead atoms. The van der Waals surface area contributed by atoms with Gasteiger partial charge in [-0.25, -0.2) is 4.98 Å². The van der Waals surface area contributed by atoms with E-state index in [4.69, 9.17) is 0 Å². The van der Waals surface area contributed by atoms with Crippen LogP contribution in [0.4, 0.5) is 11.8 Å². The monoisotopic (exact) mass is 277 g/mol. The molecule has 1 aliphatic rings. The lowest BCUT2D eigenvalue weighted by molar-refractivity contribution is 0.215. The Balaban J connectivity index is 2.00. The predicted molar refractivity (Wildman–Crippen MR) is 84.3 cm³/mol. The van der Waals surface area contributed by atoms with E-state index in [0.717, 1.165) is 24.9 Å². The van der Waals surface area contributed by atoms with Crippen molar-refractivity contribution in [3.63, 3.8) is 0 Å². The molecule has 1 saturated carbocycles. The fourth-order valence-corrected chi connectivity index (χ4v) is 3.14. The average molecular weight is 277 g/mol. The Labute approximate surface area is 122 Å². The smallest absolute Gasteiger partial charge is 0.224 e. The van der Waals surface area contributed by atoms with Gasteiger partial charge < -0.3 is 15.1 Å². The molecule has 2 rings (SSSR count). The van der Waals surface area contributed by atoms with Crippen LogP contribution in [0.1, 0.15) is 25.7 Å². The number of nitrogens with one attached hydrogen (secondary N) is 1. The molecule has 1 aromatic heterocycles. The number of nitrogens with zero attached hydrogens (tertiary/aromatic N) is 4. The topological polar surface area (TPSA) is 44.3 Å². The van der Waals surface area contributed by atoms with E-state index >= 15 is 0 Å². The summed E-state index contributed by atoms with van der Waals surface area (Å²) in [6, 6.07) is 1.93. The molecule has 1 heterocycles. The SMILES string of the molecule is CN(C)CC1(CNc2nccc(N(C)C)n2)CCCC1. The average Bonchev–Trinajstić information content (AvgIpc) is 2.85. The molecular weight excluding hydrogens is 250 g/mol. The van der Waals surface area contributed by atoms with Gasteiger partial charge in [0, 0.05) is 38.8 Å². The summed E-state index contributed by atoms with van der Waals surface area (Å²) in [4.78, 5) is 13.2. The van der Waals surface area contributed by atoms with Crippen molar-refractivity contribution in [2.75, 3.05) is 51.5 Å².